The third kappa shape index (κ3) is 7.27. The maximum Gasteiger partial charge on any atom is 0.310 e. The predicted molar refractivity (Wildman–Crippen MR) is 87.8 cm³/mol. The van der Waals surface area contributed by atoms with Crippen molar-refractivity contribution in [2.24, 2.45) is 5.41 Å². The van der Waals surface area contributed by atoms with Gasteiger partial charge in [0.15, 0.2) is 9.84 Å². The highest BCUT2D eigenvalue weighted by Crippen LogP contribution is 2.13. The number of hydrogen-bond acceptors (Lipinski definition) is 4. The molecule has 0 fully saturated rings. The molecule has 0 aromatic heterocycles. The second-order valence-electron chi connectivity index (χ2n) is 6.15. The summed E-state index contributed by atoms with van der Waals surface area (Å²) in [6.07, 6.45) is 1.08. The summed E-state index contributed by atoms with van der Waals surface area (Å²) in [6, 6.07) is 9.52. The third-order valence-electron chi connectivity index (χ3n) is 3.42. The van der Waals surface area contributed by atoms with Crippen molar-refractivity contribution in [1.29, 1.82) is 0 Å². The van der Waals surface area contributed by atoms with Crippen LogP contribution in [0, 0.1) is 5.41 Å². The van der Waals surface area contributed by atoms with E-state index < -0.39 is 32.9 Å². The number of carboxylic acid groups (broad SMARTS) is 1. The molecule has 2 N–H and O–H groups in total. The molecule has 0 bridgehead atoms. The number of aliphatic carboxylic acids is 1. The Bertz CT molecular complexity index is 638. The number of carbonyl (C=O) groups excluding carboxylic acids is 1. The van der Waals surface area contributed by atoms with Gasteiger partial charge in [0.1, 0.15) is 5.75 Å². The molecular formula is C16H23NO5S. The molecule has 1 aromatic rings. The van der Waals surface area contributed by atoms with Crippen LogP contribution in [-0.4, -0.2) is 43.5 Å². The van der Waals surface area contributed by atoms with Gasteiger partial charge in [-0.3, -0.25) is 9.59 Å². The standard InChI is InChI=1S/C16H23NO5S/c1-16(2,15(19)20)12-17-14(18)11-23(21,22)10-6-9-13-7-4-3-5-8-13/h3-5,7-8H,6,9-12H2,1-2H3,(H,17,18)(H,19,20). The highest BCUT2D eigenvalue weighted by Gasteiger charge is 2.28. The van der Waals surface area contributed by atoms with E-state index in [1.54, 1.807) is 0 Å². The SMILES string of the molecule is CC(C)(CNC(=O)CS(=O)(=O)CCCc1ccccc1)C(=O)O. The van der Waals surface area contributed by atoms with Crippen molar-refractivity contribution in [3.8, 4) is 0 Å². The van der Waals surface area contributed by atoms with Gasteiger partial charge in [-0.1, -0.05) is 30.3 Å². The van der Waals surface area contributed by atoms with Crippen molar-refractivity contribution in [1.82, 2.24) is 5.32 Å². The van der Waals surface area contributed by atoms with Crippen LogP contribution in [-0.2, 0) is 25.8 Å². The fourth-order valence-corrected chi connectivity index (χ4v) is 3.09. The van der Waals surface area contributed by atoms with Crippen molar-refractivity contribution in [3.63, 3.8) is 0 Å². The van der Waals surface area contributed by atoms with E-state index in [-0.39, 0.29) is 12.3 Å². The number of benzene rings is 1. The molecule has 0 aliphatic heterocycles. The Morgan fingerprint density at radius 1 is 1.17 bits per heavy atom. The zero-order valence-electron chi connectivity index (χ0n) is 13.4. The molecule has 0 radical (unpaired) electrons. The van der Waals surface area contributed by atoms with Crippen LogP contribution in [0.3, 0.4) is 0 Å². The second kappa shape index (κ2) is 8.10. The van der Waals surface area contributed by atoms with Crippen LogP contribution in [0.4, 0.5) is 0 Å². The Morgan fingerprint density at radius 3 is 2.35 bits per heavy atom. The molecule has 0 saturated carbocycles. The number of aryl methyl sites for hydroxylation is 1. The minimum absolute atomic E-state index is 0.0718. The highest BCUT2D eigenvalue weighted by atomic mass is 32.2. The van der Waals surface area contributed by atoms with Gasteiger partial charge in [-0.05, 0) is 32.3 Å². The van der Waals surface area contributed by atoms with E-state index in [1.165, 1.54) is 13.8 Å². The zero-order chi connectivity index (χ0) is 17.5. The van der Waals surface area contributed by atoms with Gasteiger partial charge in [-0.15, -0.1) is 0 Å². The molecule has 7 heteroatoms. The maximum atomic E-state index is 11.9. The first kappa shape index (κ1) is 19.2. The number of carbonyl (C=O) groups is 2. The van der Waals surface area contributed by atoms with Crippen molar-refractivity contribution < 1.29 is 23.1 Å². The lowest BCUT2D eigenvalue weighted by molar-refractivity contribution is -0.146. The van der Waals surface area contributed by atoms with Gasteiger partial charge in [0.05, 0.1) is 11.2 Å². The minimum Gasteiger partial charge on any atom is -0.481 e. The Morgan fingerprint density at radius 2 is 1.78 bits per heavy atom. The van der Waals surface area contributed by atoms with Crippen LogP contribution in [0.15, 0.2) is 30.3 Å². The fraction of sp³-hybridized carbons (Fsp3) is 0.500. The Hall–Kier alpha value is -1.89. The summed E-state index contributed by atoms with van der Waals surface area (Å²) in [5.41, 5.74) is -0.0810. The van der Waals surface area contributed by atoms with E-state index in [0.29, 0.717) is 12.8 Å². The molecular weight excluding hydrogens is 318 g/mol. The first-order chi connectivity index (χ1) is 10.6. The van der Waals surface area contributed by atoms with Crippen molar-refractivity contribution >= 4 is 21.7 Å². The number of amides is 1. The van der Waals surface area contributed by atoms with Crippen molar-refractivity contribution in [2.75, 3.05) is 18.1 Å². The number of sulfone groups is 1. The minimum atomic E-state index is -3.50. The van der Waals surface area contributed by atoms with E-state index in [0.717, 1.165) is 5.56 Å². The first-order valence-corrected chi connectivity index (χ1v) is 9.19. The normalized spacial score (nSPS) is 11.9. The molecule has 0 aliphatic rings. The smallest absolute Gasteiger partial charge is 0.310 e. The molecule has 128 valence electrons. The molecule has 0 saturated heterocycles. The van der Waals surface area contributed by atoms with Crippen LogP contribution < -0.4 is 5.32 Å². The lowest BCUT2D eigenvalue weighted by Crippen LogP contribution is -2.41. The Balaban J connectivity index is 2.39. The van der Waals surface area contributed by atoms with Gasteiger partial charge >= 0.3 is 5.97 Å². The Labute approximate surface area is 136 Å². The topological polar surface area (TPSA) is 101 Å². The van der Waals surface area contributed by atoms with Gasteiger partial charge in [-0.2, -0.15) is 0 Å². The molecule has 1 aromatic carbocycles. The van der Waals surface area contributed by atoms with Crippen LogP contribution in [0.2, 0.25) is 0 Å². The molecule has 0 spiro atoms. The van der Waals surface area contributed by atoms with E-state index in [2.05, 4.69) is 5.32 Å². The summed E-state index contributed by atoms with van der Waals surface area (Å²) in [5, 5.41) is 11.3. The van der Waals surface area contributed by atoms with Crippen LogP contribution in [0.25, 0.3) is 0 Å². The van der Waals surface area contributed by atoms with Crippen LogP contribution >= 0.6 is 0 Å². The average Bonchev–Trinajstić information content (AvgIpc) is 2.45. The second-order valence-corrected chi connectivity index (χ2v) is 8.33. The molecule has 0 unspecified atom stereocenters. The lowest BCUT2D eigenvalue weighted by Gasteiger charge is -2.19. The summed E-state index contributed by atoms with van der Waals surface area (Å²) in [6.45, 7) is 2.81. The van der Waals surface area contributed by atoms with E-state index >= 15 is 0 Å². The van der Waals surface area contributed by atoms with Gasteiger partial charge in [0.2, 0.25) is 5.91 Å². The van der Waals surface area contributed by atoms with E-state index in [4.69, 9.17) is 5.11 Å². The highest BCUT2D eigenvalue weighted by molar-refractivity contribution is 7.92. The first-order valence-electron chi connectivity index (χ1n) is 7.37. The van der Waals surface area contributed by atoms with Gasteiger partial charge in [0.25, 0.3) is 0 Å². The number of hydrogen-bond donors (Lipinski definition) is 2. The monoisotopic (exact) mass is 341 g/mol. The van der Waals surface area contributed by atoms with Gasteiger partial charge in [0, 0.05) is 6.54 Å². The summed E-state index contributed by atoms with van der Waals surface area (Å²) in [4.78, 5) is 22.6. The third-order valence-corrected chi connectivity index (χ3v) is 5.03. The van der Waals surface area contributed by atoms with Crippen LogP contribution in [0.1, 0.15) is 25.8 Å². The van der Waals surface area contributed by atoms with Gasteiger partial charge in [-0.25, -0.2) is 8.42 Å². The quantitative estimate of drug-likeness (QED) is 0.704. The fourth-order valence-electron chi connectivity index (χ4n) is 1.86. The predicted octanol–water partition coefficient (Wildman–Crippen LogP) is 1.26. The maximum absolute atomic E-state index is 11.9. The van der Waals surface area contributed by atoms with E-state index in [9.17, 15) is 18.0 Å². The van der Waals surface area contributed by atoms with Crippen molar-refractivity contribution in [3.05, 3.63) is 35.9 Å². The molecule has 1 amide bonds. The summed E-state index contributed by atoms with van der Waals surface area (Å²) < 4.78 is 23.8. The molecule has 6 nitrogen and oxygen atoms in total. The largest absolute Gasteiger partial charge is 0.481 e. The Kier molecular flexibility index (Phi) is 6.75. The number of nitrogens with one attached hydrogen (secondary N) is 1. The summed E-state index contributed by atoms with van der Waals surface area (Å²) in [5.74, 6) is -2.41. The number of carboxylic acids is 1. The summed E-state index contributed by atoms with van der Waals surface area (Å²) >= 11 is 0. The molecule has 0 aliphatic carbocycles. The van der Waals surface area contributed by atoms with Crippen LogP contribution in [0.5, 0.6) is 0 Å². The number of rotatable bonds is 9. The molecule has 1 rings (SSSR count). The lowest BCUT2D eigenvalue weighted by atomic mass is 9.94. The molecule has 0 heterocycles. The molecule has 23 heavy (non-hydrogen) atoms. The zero-order valence-corrected chi connectivity index (χ0v) is 14.2. The average molecular weight is 341 g/mol. The summed E-state index contributed by atoms with van der Waals surface area (Å²) in [7, 11) is -3.50. The molecule has 0 atom stereocenters. The van der Waals surface area contributed by atoms with Gasteiger partial charge < -0.3 is 10.4 Å². The van der Waals surface area contributed by atoms with E-state index in [1.807, 2.05) is 30.3 Å². The van der Waals surface area contributed by atoms with Crippen molar-refractivity contribution in [2.45, 2.75) is 26.7 Å².